The number of nitrogens with one attached hydrogen (secondary N) is 1. The Hall–Kier alpha value is -2.08. The van der Waals surface area contributed by atoms with E-state index < -0.39 is 23.6 Å². The van der Waals surface area contributed by atoms with Crippen molar-refractivity contribution in [3.05, 3.63) is 69.7 Å². The standard InChI is InChI=1S/C19H18Cl2N2O3/c1-2-19(12-7-9-13(20)10-8-12)17(25)23(18(26)22-19)11-16(24)14-5-3-4-6-15(14)21/h3-10,16,24H,2,11H2,1H3,(H,22,26). The number of β-amino-alcohol motifs (C(OH)–C–C–N with tert-alkyl or cyclic N) is 1. The first kappa shape index (κ1) is 18.7. The summed E-state index contributed by atoms with van der Waals surface area (Å²) >= 11 is 12.0. The maximum absolute atomic E-state index is 13.1. The monoisotopic (exact) mass is 392 g/mol. The fourth-order valence-corrected chi connectivity index (χ4v) is 3.57. The van der Waals surface area contributed by atoms with Gasteiger partial charge in [0.1, 0.15) is 5.54 Å². The van der Waals surface area contributed by atoms with E-state index in [4.69, 9.17) is 23.2 Å². The van der Waals surface area contributed by atoms with Crippen LogP contribution in [0.25, 0.3) is 0 Å². The average Bonchev–Trinajstić information content (AvgIpc) is 2.87. The third-order valence-electron chi connectivity index (χ3n) is 4.66. The highest BCUT2D eigenvalue weighted by Crippen LogP contribution is 2.34. The Bertz CT molecular complexity index is 841. The van der Waals surface area contributed by atoms with Crippen molar-refractivity contribution >= 4 is 35.1 Å². The third-order valence-corrected chi connectivity index (χ3v) is 5.26. The molecule has 2 aromatic rings. The zero-order chi connectivity index (χ0) is 18.9. The quantitative estimate of drug-likeness (QED) is 0.758. The minimum atomic E-state index is -1.16. The van der Waals surface area contributed by atoms with Gasteiger partial charge in [0.15, 0.2) is 0 Å². The predicted molar refractivity (Wildman–Crippen MR) is 100 cm³/mol. The summed E-state index contributed by atoms with van der Waals surface area (Å²) in [5.41, 5.74) is -0.0465. The van der Waals surface area contributed by atoms with Crippen molar-refractivity contribution in [3.63, 3.8) is 0 Å². The molecule has 1 aliphatic rings. The number of hydrogen-bond donors (Lipinski definition) is 2. The Morgan fingerprint density at radius 1 is 1.12 bits per heavy atom. The third kappa shape index (κ3) is 3.18. The van der Waals surface area contributed by atoms with Crippen LogP contribution in [0.4, 0.5) is 4.79 Å². The van der Waals surface area contributed by atoms with Gasteiger partial charge in [0.25, 0.3) is 5.91 Å². The number of carbonyl (C=O) groups excluding carboxylic acids is 2. The second-order valence-corrected chi connectivity index (χ2v) is 6.99. The highest BCUT2D eigenvalue weighted by molar-refractivity contribution is 6.31. The Labute approximate surface area is 161 Å². The molecule has 0 bridgehead atoms. The second kappa shape index (κ2) is 7.27. The van der Waals surface area contributed by atoms with Gasteiger partial charge >= 0.3 is 6.03 Å². The maximum atomic E-state index is 13.1. The van der Waals surface area contributed by atoms with Gasteiger partial charge in [-0.2, -0.15) is 0 Å². The van der Waals surface area contributed by atoms with Crippen molar-refractivity contribution < 1.29 is 14.7 Å². The van der Waals surface area contributed by atoms with Crippen LogP contribution in [-0.4, -0.2) is 28.5 Å². The summed E-state index contributed by atoms with van der Waals surface area (Å²) < 4.78 is 0. The first-order chi connectivity index (χ1) is 12.4. The number of benzene rings is 2. The number of aliphatic hydroxyl groups is 1. The number of carbonyl (C=O) groups is 2. The van der Waals surface area contributed by atoms with Gasteiger partial charge in [0.2, 0.25) is 0 Å². The fourth-order valence-electron chi connectivity index (χ4n) is 3.18. The molecule has 0 saturated carbocycles. The van der Waals surface area contributed by atoms with Gasteiger partial charge in [-0.05, 0) is 30.2 Å². The molecule has 0 aliphatic carbocycles. The fraction of sp³-hybridized carbons (Fsp3) is 0.263. The van der Waals surface area contributed by atoms with Crippen LogP contribution in [0, 0.1) is 0 Å². The number of hydrogen-bond acceptors (Lipinski definition) is 3. The molecule has 1 fully saturated rings. The topological polar surface area (TPSA) is 69.6 Å². The number of nitrogens with zero attached hydrogens (tertiary/aromatic N) is 1. The Kier molecular flexibility index (Phi) is 5.23. The van der Waals surface area contributed by atoms with Crippen LogP contribution >= 0.6 is 23.2 Å². The van der Waals surface area contributed by atoms with Crippen LogP contribution < -0.4 is 5.32 Å². The van der Waals surface area contributed by atoms with Crippen LogP contribution in [0.5, 0.6) is 0 Å². The van der Waals surface area contributed by atoms with Crippen molar-refractivity contribution in [3.8, 4) is 0 Å². The summed E-state index contributed by atoms with van der Waals surface area (Å²) in [6.45, 7) is 1.64. The number of imide groups is 1. The van der Waals surface area contributed by atoms with Gasteiger partial charge in [-0.1, -0.05) is 60.5 Å². The Balaban J connectivity index is 1.88. The molecule has 0 spiro atoms. The molecule has 2 aromatic carbocycles. The Morgan fingerprint density at radius 2 is 1.77 bits per heavy atom. The summed E-state index contributed by atoms with van der Waals surface area (Å²) in [6, 6.07) is 13.0. The van der Waals surface area contributed by atoms with E-state index in [1.165, 1.54) is 0 Å². The highest BCUT2D eigenvalue weighted by atomic mass is 35.5. The van der Waals surface area contributed by atoms with Crippen LogP contribution in [0.15, 0.2) is 48.5 Å². The number of aliphatic hydroxyl groups excluding tert-OH is 1. The Morgan fingerprint density at radius 3 is 2.38 bits per heavy atom. The van der Waals surface area contributed by atoms with Crippen LogP contribution in [0.3, 0.4) is 0 Å². The van der Waals surface area contributed by atoms with E-state index in [9.17, 15) is 14.7 Å². The molecular formula is C19H18Cl2N2O3. The lowest BCUT2D eigenvalue weighted by Crippen LogP contribution is -2.43. The van der Waals surface area contributed by atoms with Gasteiger partial charge < -0.3 is 10.4 Å². The summed E-state index contributed by atoms with van der Waals surface area (Å²) in [5.74, 6) is -0.404. The normalized spacial score (nSPS) is 21.0. The number of urea groups is 1. The molecule has 2 atom stereocenters. The molecule has 3 rings (SSSR count). The van der Waals surface area contributed by atoms with Gasteiger partial charge in [-0.15, -0.1) is 0 Å². The van der Waals surface area contributed by atoms with E-state index in [1.54, 1.807) is 48.5 Å². The lowest BCUT2D eigenvalue weighted by molar-refractivity contribution is -0.132. The van der Waals surface area contributed by atoms with Crippen molar-refractivity contribution in [1.29, 1.82) is 0 Å². The van der Waals surface area contributed by atoms with Gasteiger partial charge in [-0.25, -0.2) is 4.79 Å². The molecule has 1 aliphatic heterocycles. The van der Waals surface area contributed by atoms with E-state index in [-0.39, 0.29) is 6.54 Å². The average molecular weight is 393 g/mol. The molecule has 7 heteroatoms. The molecule has 1 heterocycles. The van der Waals surface area contributed by atoms with Gasteiger partial charge in [-0.3, -0.25) is 9.69 Å². The van der Waals surface area contributed by atoms with E-state index in [0.717, 1.165) is 4.90 Å². The second-order valence-electron chi connectivity index (χ2n) is 6.15. The minimum absolute atomic E-state index is 0.177. The number of rotatable bonds is 5. The van der Waals surface area contributed by atoms with Crippen LogP contribution in [-0.2, 0) is 10.3 Å². The SMILES string of the molecule is CCC1(c2ccc(Cl)cc2)NC(=O)N(CC(O)c2ccccc2Cl)C1=O. The summed E-state index contributed by atoms with van der Waals surface area (Å²) in [7, 11) is 0. The van der Waals surface area contributed by atoms with E-state index in [0.29, 0.717) is 27.6 Å². The molecule has 2 unspecified atom stereocenters. The largest absolute Gasteiger partial charge is 0.386 e. The number of amides is 3. The summed E-state index contributed by atoms with van der Waals surface area (Å²) in [6.07, 6.45) is -0.700. The molecule has 0 aromatic heterocycles. The molecular weight excluding hydrogens is 375 g/mol. The first-order valence-corrected chi connectivity index (χ1v) is 8.97. The van der Waals surface area contributed by atoms with Crippen molar-refractivity contribution in [2.45, 2.75) is 25.0 Å². The highest BCUT2D eigenvalue weighted by Gasteiger charge is 2.51. The molecule has 1 saturated heterocycles. The van der Waals surface area contributed by atoms with E-state index >= 15 is 0 Å². The summed E-state index contributed by atoms with van der Waals surface area (Å²) in [5, 5.41) is 14.2. The van der Waals surface area contributed by atoms with Crippen molar-refractivity contribution in [1.82, 2.24) is 10.2 Å². The van der Waals surface area contributed by atoms with Gasteiger partial charge in [0, 0.05) is 15.6 Å². The minimum Gasteiger partial charge on any atom is -0.386 e. The molecule has 5 nitrogen and oxygen atoms in total. The molecule has 3 amide bonds. The van der Waals surface area contributed by atoms with Gasteiger partial charge in [0.05, 0.1) is 12.6 Å². The van der Waals surface area contributed by atoms with E-state index in [2.05, 4.69) is 5.32 Å². The summed E-state index contributed by atoms with van der Waals surface area (Å²) in [4.78, 5) is 26.6. The van der Waals surface area contributed by atoms with Crippen molar-refractivity contribution in [2.24, 2.45) is 0 Å². The first-order valence-electron chi connectivity index (χ1n) is 8.21. The number of halogens is 2. The van der Waals surface area contributed by atoms with E-state index in [1.807, 2.05) is 6.92 Å². The van der Waals surface area contributed by atoms with Crippen LogP contribution in [0.2, 0.25) is 10.0 Å². The lowest BCUT2D eigenvalue weighted by Gasteiger charge is -2.26. The predicted octanol–water partition coefficient (Wildman–Crippen LogP) is 3.88. The molecule has 136 valence electrons. The zero-order valence-electron chi connectivity index (χ0n) is 14.1. The zero-order valence-corrected chi connectivity index (χ0v) is 15.6. The smallest absolute Gasteiger partial charge is 0.325 e. The molecule has 0 radical (unpaired) electrons. The lowest BCUT2D eigenvalue weighted by atomic mass is 9.87. The molecule has 26 heavy (non-hydrogen) atoms. The molecule has 2 N–H and O–H groups in total. The maximum Gasteiger partial charge on any atom is 0.325 e. The van der Waals surface area contributed by atoms with Crippen LogP contribution in [0.1, 0.15) is 30.6 Å². The van der Waals surface area contributed by atoms with Crippen molar-refractivity contribution in [2.75, 3.05) is 6.54 Å².